The summed E-state index contributed by atoms with van der Waals surface area (Å²) in [6.45, 7) is 6.77. The maximum absolute atomic E-state index is 11.7. The first-order chi connectivity index (χ1) is 9.45. The largest absolute Gasteiger partial charge is 0.466 e. The van der Waals surface area contributed by atoms with Crippen LogP contribution in [-0.4, -0.2) is 32.8 Å². The van der Waals surface area contributed by atoms with E-state index in [9.17, 15) is 9.90 Å². The number of aromatic nitrogens is 2. The predicted octanol–water partition coefficient (Wildman–Crippen LogP) is 1.98. The van der Waals surface area contributed by atoms with Gasteiger partial charge in [0.15, 0.2) is 0 Å². The zero-order chi connectivity index (χ0) is 14.8. The molecular weight excluding hydrogens is 256 g/mol. The van der Waals surface area contributed by atoms with E-state index < -0.39 is 5.60 Å². The number of ether oxygens (including phenoxy) is 1. The second-order valence-electron chi connectivity index (χ2n) is 5.79. The van der Waals surface area contributed by atoms with E-state index in [1.54, 1.807) is 6.33 Å². The molecule has 2 rings (SSSR count). The van der Waals surface area contributed by atoms with Crippen molar-refractivity contribution in [2.45, 2.75) is 58.6 Å². The molecule has 1 heterocycles. The van der Waals surface area contributed by atoms with E-state index in [1.165, 1.54) is 0 Å². The number of rotatable bonds is 4. The van der Waals surface area contributed by atoms with E-state index >= 15 is 0 Å². The molecule has 0 bridgehead atoms. The van der Waals surface area contributed by atoms with E-state index in [4.69, 9.17) is 4.74 Å². The molecule has 0 amide bonds. The van der Waals surface area contributed by atoms with Crippen LogP contribution in [0.1, 0.15) is 44.0 Å². The van der Waals surface area contributed by atoms with Crippen LogP contribution in [0.25, 0.3) is 0 Å². The van der Waals surface area contributed by atoms with Gasteiger partial charge in [-0.15, -0.1) is 0 Å². The molecule has 0 unspecified atom stereocenters. The minimum Gasteiger partial charge on any atom is -0.466 e. The van der Waals surface area contributed by atoms with Crippen molar-refractivity contribution in [3.05, 3.63) is 17.7 Å². The molecule has 0 aliphatic heterocycles. The molecule has 20 heavy (non-hydrogen) atoms. The molecule has 1 aromatic heterocycles. The maximum atomic E-state index is 11.7. The zero-order valence-corrected chi connectivity index (χ0v) is 12.6. The van der Waals surface area contributed by atoms with Crippen molar-refractivity contribution >= 4 is 5.97 Å². The summed E-state index contributed by atoms with van der Waals surface area (Å²) in [6, 6.07) is 0. The first-order valence-electron chi connectivity index (χ1n) is 7.32. The van der Waals surface area contributed by atoms with Crippen LogP contribution in [0.2, 0.25) is 0 Å². The highest BCUT2D eigenvalue weighted by molar-refractivity contribution is 5.72. The first kappa shape index (κ1) is 15.0. The Labute approximate surface area is 120 Å². The summed E-state index contributed by atoms with van der Waals surface area (Å²) in [6.07, 6.45) is 4.44. The van der Waals surface area contributed by atoms with Crippen LogP contribution in [0.15, 0.2) is 6.33 Å². The van der Waals surface area contributed by atoms with Crippen LogP contribution in [-0.2, 0) is 16.1 Å². The summed E-state index contributed by atoms with van der Waals surface area (Å²) in [7, 11) is 0. The number of esters is 1. The minimum atomic E-state index is -0.735. The van der Waals surface area contributed by atoms with Crippen LogP contribution in [0, 0.1) is 19.8 Å². The van der Waals surface area contributed by atoms with E-state index in [1.807, 2.05) is 25.3 Å². The van der Waals surface area contributed by atoms with Crippen LogP contribution in [0.5, 0.6) is 0 Å². The number of carbonyl (C=O) groups excluding carboxylic acids is 1. The van der Waals surface area contributed by atoms with Crippen LogP contribution < -0.4 is 0 Å². The second-order valence-corrected chi connectivity index (χ2v) is 5.79. The average molecular weight is 280 g/mol. The fourth-order valence-corrected chi connectivity index (χ4v) is 2.83. The summed E-state index contributed by atoms with van der Waals surface area (Å²) in [5.41, 5.74) is 1.35. The summed E-state index contributed by atoms with van der Waals surface area (Å²) >= 11 is 0. The molecule has 5 heteroatoms. The molecule has 0 spiro atoms. The SMILES string of the molecule is CCOC(=O)C1CCC(O)(Cn2cnc(C)c2C)CC1. The lowest BCUT2D eigenvalue weighted by Gasteiger charge is -2.35. The molecule has 1 N–H and O–H groups in total. The summed E-state index contributed by atoms with van der Waals surface area (Å²) < 4.78 is 7.05. The van der Waals surface area contributed by atoms with Crippen molar-refractivity contribution in [3.63, 3.8) is 0 Å². The Morgan fingerprint density at radius 3 is 2.65 bits per heavy atom. The van der Waals surface area contributed by atoms with Gasteiger partial charge in [0.05, 0.1) is 36.7 Å². The van der Waals surface area contributed by atoms with Crippen molar-refractivity contribution in [3.8, 4) is 0 Å². The second kappa shape index (κ2) is 5.95. The van der Waals surface area contributed by atoms with Gasteiger partial charge in [-0.25, -0.2) is 4.98 Å². The third-order valence-electron chi connectivity index (χ3n) is 4.35. The Morgan fingerprint density at radius 1 is 1.50 bits per heavy atom. The number of hydrogen-bond donors (Lipinski definition) is 1. The highest BCUT2D eigenvalue weighted by Crippen LogP contribution is 2.34. The standard InChI is InChI=1S/C15H24N2O3/c1-4-20-14(18)13-5-7-15(19,8-6-13)9-17-10-16-11(2)12(17)3/h10,13,19H,4-9H2,1-3H3. The monoisotopic (exact) mass is 280 g/mol. The fourth-order valence-electron chi connectivity index (χ4n) is 2.83. The Kier molecular flexibility index (Phi) is 4.48. The lowest BCUT2D eigenvalue weighted by atomic mass is 9.78. The van der Waals surface area contributed by atoms with Gasteiger partial charge in [-0.1, -0.05) is 0 Å². The summed E-state index contributed by atoms with van der Waals surface area (Å²) in [5, 5.41) is 10.7. The molecule has 0 saturated heterocycles. The average Bonchev–Trinajstić information content (AvgIpc) is 2.71. The molecule has 0 radical (unpaired) electrons. The molecule has 1 saturated carbocycles. The Hall–Kier alpha value is -1.36. The van der Waals surface area contributed by atoms with Gasteiger partial charge in [-0.2, -0.15) is 0 Å². The number of aliphatic hydroxyl groups is 1. The van der Waals surface area contributed by atoms with Crippen molar-refractivity contribution in [1.82, 2.24) is 9.55 Å². The molecule has 0 aromatic carbocycles. The van der Waals surface area contributed by atoms with Gasteiger partial charge in [0.2, 0.25) is 0 Å². The number of imidazole rings is 1. The molecule has 112 valence electrons. The van der Waals surface area contributed by atoms with Gasteiger partial charge in [-0.3, -0.25) is 4.79 Å². The number of carbonyl (C=O) groups is 1. The molecule has 1 aliphatic carbocycles. The van der Waals surface area contributed by atoms with Gasteiger partial charge >= 0.3 is 5.97 Å². The Morgan fingerprint density at radius 2 is 2.15 bits per heavy atom. The van der Waals surface area contributed by atoms with E-state index in [2.05, 4.69) is 4.98 Å². The lowest BCUT2D eigenvalue weighted by Crippen LogP contribution is -2.40. The smallest absolute Gasteiger partial charge is 0.308 e. The number of nitrogens with zero attached hydrogens (tertiary/aromatic N) is 2. The van der Waals surface area contributed by atoms with E-state index in [0.29, 0.717) is 38.8 Å². The highest BCUT2D eigenvalue weighted by atomic mass is 16.5. The molecule has 1 aliphatic rings. The van der Waals surface area contributed by atoms with Gasteiger partial charge in [0, 0.05) is 5.69 Å². The Balaban J connectivity index is 1.94. The van der Waals surface area contributed by atoms with Gasteiger partial charge in [0.1, 0.15) is 0 Å². The number of aryl methyl sites for hydroxylation is 1. The van der Waals surface area contributed by atoms with E-state index in [0.717, 1.165) is 11.4 Å². The third-order valence-corrected chi connectivity index (χ3v) is 4.35. The van der Waals surface area contributed by atoms with Crippen molar-refractivity contribution in [1.29, 1.82) is 0 Å². The van der Waals surface area contributed by atoms with Gasteiger partial charge in [0.25, 0.3) is 0 Å². The summed E-state index contributed by atoms with van der Waals surface area (Å²) in [4.78, 5) is 16.0. The minimum absolute atomic E-state index is 0.0548. The first-order valence-corrected chi connectivity index (χ1v) is 7.32. The quantitative estimate of drug-likeness (QED) is 0.857. The molecular formula is C15H24N2O3. The molecule has 1 aromatic rings. The normalized spacial score (nSPS) is 26.5. The zero-order valence-electron chi connectivity index (χ0n) is 12.6. The van der Waals surface area contributed by atoms with Crippen LogP contribution in [0.4, 0.5) is 0 Å². The fraction of sp³-hybridized carbons (Fsp3) is 0.733. The van der Waals surface area contributed by atoms with Crippen LogP contribution in [0.3, 0.4) is 0 Å². The van der Waals surface area contributed by atoms with E-state index in [-0.39, 0.29) is 11.9 Å². The summed E-state index contributed by atoms with van der Waals surface area (Å²) in [5.74, 6) is -0.176. The Bertz CT molecular complexity index is 473. The predicted molar refractivity (Wildman–Crippen MR) is 75.2 cm³/mol. The highest BCUT2D eigenvalue weighted by Gasteiger charge is 2.36. The molecule has 1 fully saturated rings. The molecule has 5 nitrogen and oxygen atoms in total. The maximum Gasteiger partial charge on any atom is 0.308 e. The van der Waals surface area contributed by atoms with Crippen molar-refractivity contribution < 1.29 is 14.6 Å². The number of hydrogen-bond acceptors (Lipinski definition) is 4. The third kappa shape index (κ3) is 3.20. The topological polar surface area (TPSA) is 64.3 Å². The van der Waals surface area contributed by atoms with Crippen LogP contribution >= 0.6 is 0 Å². The van der Waals surface area contributed by atoms with Crippen molar-refractivity contribution in [2.24, 2.45) is 5.92 Å². The lowest BCUT2D eigenvalue weighted by molar-refractivity contribution is -0.151. The van der Waals surface area contributed by atoms with Crippen molar-refractivity contribution in [2.75, 3.05) is 6.61 Å². The van der Waals surface area contributed by atoms with Gasteiger partial charge < -0.3 is 14.4 Å². The van der Waals surface area contributed by atoms with Gasteiger partial charge in [-0.05, 0) is 46.5 Å². The molecule has 0 atom stereocenters.